The Morgan fingerprint density at radius 3 is 2.43 bits per heavy atom. The third-order valence-electron chi connectivity index (χ3n) is 6.41. The van der Waals surface area contributed by atoms with Gasteiger partial charge in [0.25, 0.3) is 0 Å². The Hall–Kier alpha value is -3.32. The molecule has 0 spiro atoms. The molecule has 184 valence electrons. The second-order valence-corrected chi connectivity index (χ2v) is 9.89. The van der Waals surface area contributed by atoms with Crippen molar-refractivity contribution in [3.8, 4) is 11.5 Å². The maximum absolute atomic E-state index is 13.9. The molecule has 1 aliphatic rings. The molecule has 4 rings (SSSR count). The lowest BCUT2D eigenvalue weighted by Crippen LogP contribution is -2.47. The van der Waals surface area contributed by atoms with Crippen LogP contribution < -0.4 is 19.7 Å². The number of methoxy groups -OCH3 is 2. The normalized spacial score (nSPS) is 14.4. The molecule has 0 saturated heterocycles. The Bertz CT molecular complexity index is 1140. The number of hydrogen-bond acceptors (Lipinski definition) is 5. The zero-order valence-electron chi connectivity index (χ0n) is 20.5. The van der Waals surface area contributed by atoms with Crippen LogP contribution in [0.25, 0.3) is 0 Å². The van der Waals surface area contributed by atoms with Crippen molar-refractivity contribution in [2.45, 2.75) is 51.1 Å². The molecule has 1 aliphatic carbocycles. The van der Waals surface area contributed by atoms with E-state index in [1.807, 2.05) is 66.9 Å². The van der Waals surface area contributed by atoms with Crippen molar-refractivity contribution in [1.82, 2.24) is 5.32 Å². The van der Waals surface area contributed by atoms with E-state index in [4.69, 9.17) is 9.47 Å². The number of nitrogens with one attached hydrogen (secondary N) is 1. The summed E-state index contributed by atoms with van der Waals surface area (Å²) in [6.07, 6.45) is 4.31. The van der Waals surface area contributed by atoms with Crippen molar-refractivity contribution in [3.05, 3.63) is 76.0 Å². The molecule has 1 saturated carbocycles. The molecule has 7 heteroatoms. The van der Waals surface area contributed by atoms with Gasteiger partial charge in [-0.15, -0.1) is 11.3 Å². The average molecular weight is 493 g/mol. The predicted molar refractivity (Wildman–Crippen MR) is 139 cm³/mol. The molecule has 2 aromatic carbocycles. The summed E-state index contributed by atoms with van der Waals surface area (Å²) in [6.45, 7) is 1.96. The zero-order chi connectivity index (χ0) is 24.8. The number of benzene rings is 2. The fourth-order valence-corrected chi connectivity index (χ4v) is 5.30. The largest absolute Gasteiger partial charge is 0.497 e. The van der Waals surface area contributed by atoms with Crippen LogP contribution in [0.2, 0.25) is 0 Å². The Labute approximate surface area is 210 Å². The molecule has 0 unspecified atom stereocenters. The fourth-order valence-electron chi connectivity index (χ4n) is 4.61. The standard InChI is InChI=1S/C28H32N2O4S/c1-19-10-15-25(34-3)24(17-19)30(26(31)18-23-9-6-16-35-23)27(20-11-13-22(33-2)14-12-20)28(32)29-21-7-4-5-8-21/h6,9-17,21,27H,4-5,7-8,18H2,1-3H3,(H,29,32)/t27-/m1/s1. The van der Waals surface area contributed by atoms with Crippen molar-refractivity contribution >= 4 is 28.8 Å². The average Bonchev–Trinajstić information content (AvgIpc) is 3.57. The molecule has 35 heavy (non-hydrogen) atoms. The van der Waals surface area contributed by atoms with Crippen LogP contribution in [0.3, 0.4) is 0 Å². The first kappa shape index (κ1) is 24.8. The van der Waals surface area contributed by atoms with Gasteiger partial charge in [-0.1, -0.05) is 37.1 Å². The van der Waals surface area contributed by atoms with E-state index in [0.717, 1.165) is 36.1 Å². The van der Waals surface area contributed by atoms with E-state index in [2.05, 4.69) is 5.32 Å². The highest BCUT2D eigenvalue weighted by atomic mass is 32.1. The van der Waals surface area contributed by atoms with E-state index in [1.165, 1.54) is 11.3 Å². The number of rotatable bonds is 9. The lowest BCUT2D eigenvalue weighted by molar-refractivity contribution is -0.127. The fraction of sp³-hybridized carbons (Fsp3) is 0.357. The van der Waals surface area contributed by atoms with Gasteiger partial charge in [0, 0.05) is 10.9 Å². The van der Waals surface area contributed by atoms with Gasteiger partial charge in [0.05, 0.1) is 26.3 Å². The third kappa shape index (κ3) is 5.85. The van der Waals surface area contributed by atoms with Gasteiger partial charge in [-0.05, 0) is 66.6 Å². The monoisotopic (exact) mass is 492 g/mol. The SMILES string of the molecule is COc1ccc([C@H](C(=O)NC2CCCC2)N(C(=O)Cc2cccs2)c2cc(C)ccc2OC)cc1. The highest BCUT2D eigenvalue weighted by Gasteiger charge is 2.36. The smallest absolute Gasteiger partial charge is 0.248 e. The van der Waals surface area contributed by atoms with Gasteiger partial charge in [-0.3, -0.25) is 14.5 Å². The maximum atomic E-state index is 13.9. The van der Waals surface area contributed by atoms with Gasteiger partial charge >= 0.3 is 0 Å². The van der Waals surface area contributed by atoms with Crippen LogP contribution >= 0.6 is 11.3 Å². The topological polar surface area (TPSA) is 67.9 Å². The summed E-state index contributed by atoms with van der Waals surface area (Å²) in [5.41, 5.74) is 2.26. The van der Waals surface area contributed by atoms with Crippen molar-refractivity contribution in [1.29, 1.82) is 0 Å². The molecule has 0 radical (unpaired) electrons. The number of carbonyl (C=O) groups is 2. The van der Waals surface area contributed by atoms with Crippen LogP contribution in [0.1, 0.15) is 47.7 Å². The van der Waals surface area contributed by atoms with Crippen LogP contribution in [0.4, 0.5) is 5.69 Å². The van der Waals surface area contributed by atoms with E-state index in [0.29, 0.717) is 22.7 Å². The number of thiophene rings is 1. The molecule has 3 aromatic rings. The Balaban J connectivity index is 1.82. The summed E-state index contributed by atoms with van der Waals surface area (Å²) in [4.78, 5) is 30.4. The van der Waals surface area contributed by atoms with Crippen LogP contribution in [0, 0.1) is 6.92 Å². The summed E-state index contributed by atoms with van der Waals surface area (Å²) in [5, 5.41) is 5.17. The Morgan fingerprint density at radius 1 is 1.06 bits per heavy atom. The number of ether oxygens (including phenoxy) is 2. The molecular formula is C28H32N2O4S. The Kier molecular flexibility index (Phi) is 8.08. The van der Waals surface area contributed by atoms with Gasteiger partial charge < -0.3 is 14.8 Å². The lowest BCUT2D eigenvalue weighted by Gasteiger charge is -2.33. The van der Waals surface area contributed by atoms with Crippen molar-refractivity contribution in [3.63, 3.8) is 0 Å². The minimum atomic E-state index is -0.857. The van der Waals surface area contributed by atoms with Gasteiger partial charge in [0.1, 0.15) is 17.5 Å². The number of aryl methyl sites for hydroxylation is 1. The highest BCUT2D eigenvalue weighted by molar-refractivity contribution is 7.10. The number of nitrogens with zero attached hydrogens (tertiary/aromatic N) is 1. The first-order valence-electron chi connectivity index (χ1n) is 11.9. The molecule has 1 N–H and O–H groups in total. The van der Waals surface area contributed by atoms with Crippen LogP contribution in [0.15, 0.2) is 60.0 Å². The molecule has 0 bridgehead atoms. The van der Waals surface area contributed by atoms with Crippen LogP contribution in [0.5, 0.6) is 11.5 Å². The number of carbonyl (C=O) groups excluding carboxylic acids is 2. The molecule has 1 heterocycles. The first-order chi connectivity index (χ1) is 17.0. The van der Waals surface area contributed by atoms with Gasteiger partial charge in [-0.2, -0.15) is 0 Å². The summed E-state index contributed by atoms with van der Waals surface area (Å²) < 4.78 is 11.0. The van der Waals surface area contributed by atoms with E-state index in [9.17, 15) is 9.59 Å². The second kappa shape index (κ2) is 11.4. The van der Waals surface area contributed by atoms with Crippen molar-refractivity contribution in [2.75, 3.05) is 19.1 Å². The summed E-state index contributed by atoms with van der Waals surface area (Å²) in [7, 11) is 3.19. The molecule has 1 aromatic heterocycles. The minimum absolute atomic E-state index is 0.122. The molecule has 2 amide bonds. The van der Waals surface area contributed by atoms with Gasteiger partial charge in [0.15, 0.2) is 0 Å². The minimum Gasteiger partial charge on any atom is -0.497 e. The molecule has 1 atom stereocenters. The number of hydrogen-bond donors (Lipinski definition) is 1. The molecular weight excluding hydrogens is 460 g/mol. The summed E-state index contributed by atoms with van der Waals surface area (Å²) >= 11 is 1.53. The van der Waals surface area contributed by atoms with Gasteiger partial charge in [0.2, 0.25) is 11.8 Å². The lowest BCUT2D eigenvalue weighted by atomic mass is 10.0. The van der Waals surface area contributed by atoms with E-state index in [1.54, 1.807) is 19.1 Å². The summed E-state index contributed by atoms with van der Waals surface area (Å²) in [6, 6.07) is 16.2. The van der Waals surface area contributed by atoms with Crippen molar-refractivity contribution < 1.29 is 19.1 Å². The van der Waals surface area contributed by atoms with Crippen molar-refractivity contribution in [2.24, 2.45) is 0 Å². The zero-order valence-corrected chi connectivity index (χ0v) is 21.3. The quantitative estimate of drug-likeness (QED) is 0.431. The van der Waals surface area contributed by atoms with E-state index in [-0.39, 0.29) is 24.3 Å². The highest BCUT2D eigenvalue weighted by Crippen LogP contribution is 2.37. The maximum Gasteiger partial charge on any atom is 0.248 e. The second-order valence-electron chi connectivity index (χ2n) is 8.86. The number of anilines is 1. The molecule has 0 aliphatic heterocycles. The van der Waals surface area contributed by atoms with Crippen LogP contribution in [-0.4, -0.2) is 32.1 Å². The van der Waals surface area contributed by atoms with Gasteiger partial charge in [-0.25, -0.2) is 0 Å². The van der Waals surface area contributed by atoms with E-state index >= 15 is 0 Å². The third-order valence-corrected chi connectivity index (χ3v) is 7.28. The molecule has 6 nitrogen and oxygen atoms in total. The molecule has 1 fully saturated rings. The summed E-state index contributed by atoms with van der Waals surface area (Å²) in [5.74, 6) is 0.875. The van der Waals surface area contributed by atoms with E-state index < -0.39 is 6.04 Å². The predicted octanol–water partition coefficient (Wildman–Crippen LogP) is 5.45. The number of amides is 2. The Morgan fingerprint density at radius 2 is 1.80 bits per heavy atom. The first-order valence-corrected chi connectivity index (χ1v) is 12.8. The van der Waals surface area contributed by atoms with Crippen LogP contribution in [-0.2, 0) is 16.0 Å².